The van der Waals surface area contributed by atoms with Crippen molar-refractivity contribution < 1.29 is 27.9 Å². The number of esters is 1. The molecular weight excluding hydrogens is 360 g/mol. The van der Waals surface area contributed by atoms with Gasteiger partial charge in [0.1, 0.15) is 0 Å². The van der Waals surface area contributed by atoms with Gasteiger partial charge in [0, 0.05) is 31.7 Å². The molecule has 0 radical (unpaired) electrons. The first kappa shape index (κ1) is 20.8. The summed E-state index contributed by atoms with van der Waals surface area (Å²) in [6.45, 7) is 2.83. The number of carbonyl (C=O) groups excluding carboxylic acids is 3. The number of halogens is 2. The maximum atomic E-state index is 13.9. The molecule has 0 saturated carbocycles. The molecule has 0 bridgehead atoms. The molecule has 1 aromatic rings. The summed E-state index contributed by atoms with van der Waals surface area (Å²) >= 11 is 0. The smallest absolute Gasteiger partial charge is 0.307 e. The van der Waals surface area contributed by atoms with E-state index in [1.165, 1.54) is 12.1 Å². The number of hydrogen-bond acceptors (Lipinski definition) is 5. The molecule has 1 heterocycles. The number of nitrogens with zero attached hydrogens (tertiary/aromatic N) is 1. The molecule has 0 unspecified atom stereocenters. The Morgan fingerprint density at radius 1 is 1.37 bits per heavy atom. The van der Waals surface area contributed by atoms with Crippen molar-refractivity contribution in [1.82, 2.24) is 15.5 Å². The van der Waals surface area contributed by atoms with Crippen LogP contribution in [0.2, 0.25) is 0 Å². The first-order valence-corrected chi connectivity index (χ1v) is 8.79. The lowest BCUT2D eigenvalue weighted by Crippen LogP contribution is -2.56. The molecule has 0 aromatic heterocycles. The largest absolute Gasteiger partial charge is 0.466 e. The summed E-state index contributed by atoms with van der Waals surface area (Å²) in [6, 6.07) is 3.07. The van der Waals surface area contributed by atoms with Gasteiger partial charge >= 0.3 is 5.97 Å². The lowest BCUT2D eigenvalue weighted by atomic mass is 10.1. The minimum absolute atomic E-state index is 0.0117. The number of ether oxygens (including phenoxy) is 1. The first-order chi connectivity index (χ1) is 12.9. The van der Waals surface area contributed by atoms with Gasteiger partial charge in [-0.25, -0.2) is 8.78 Å². The third kappa shape index (κ3) is 5.99. The molecule has 2 amide bonds. The highest BCUT2D eigenvalue weighted by atomic mass is 19.2. The van der Waals surface area contributed by atoms with Gasteiger partial charge in [-0.05, 0) is 13.0 Å². The lowest BCUT2D eigenvalue weighted by molar-refractivity contribution is -0.143. The average molecular weight is 383 g/mol. The molecule has 1 aliphatic heterocycles. The van der Waals surface area contributed by atoms with Gasteiger partial charge in [0.05, 0.1) is 25.5 Å². The second kappa shape index (κ2) is 9.96. The van der Waals surface area contributed by atoms with E-state index in [0.717, 1.165) is 6.07 Å². The van der Waals surface area contributed by atoms with Crippen molar-refractivity contribution in [2.45, 2.75) is 32.4 Å². The quantitative estimate of drug-likeness (QED) is 0.646. The van der Waals surface area contributed by atoms with E-state index in [1.54, 1.807) is 11.8 Å². The molecule has 7 nitrogen and oxygen atoms in total. The van der Waals surface area contributed by atoms with E-state index in [9.17, 15) is 23.2 Å². The number of hydrogen-bond donors (Lipinski definition) is 2. The topological polar surface area (TPSA) is 87.7 Å². The van der Waals surface area contributed by atoms with Gasteiger partial charge in [0.2, 0.25) is 11.8 Å². The van der Waals surface area contributed by atoms with Gasteiger partial charge in [0.15, 0.2) is 11.6 Å². The highest BCUT2D eigenvalue weighted by Gasteiger charge is 2.32. The van der Waals surface area contributed by atoms with E-state index >= 15 is 0 Å². The van der Waals surface area contributed by atoms with Gasteiger partial charge in [-0.15, -0.1) is 0 Å². The van der Waals surface area contributed by atoms with Crippen molar-refractivity contribution in [2.24, 2.45) is 0 Å². The van der Waals surface area contributed by atoms with Crippen LogP contribution in [-0.2, 0) is 25.7 Å². The van der Waals surface area contributed by atoms with Crippen LogP contribution in [0, 0.1) is 11.6 Å². The van der Waals surface area contributed by atoms with Crippen LogP contribution >= 0.6 is 0 Å². The fraction of sp³-hybridized carbons (Fsp3) is 0.500. The Morgan fingerprint density at radius 3 is 2.89 bits per heavy atom. The van der Waals surface area contributed by atoms with Gasteiger partial charge in [-0.1, -0.05) is 12.1 Å². The van der Waals surface area contributed by atoms with Gasteiger partial charge in [0.25, 0.3) is 0 Å². The Kier molecular flexibility index (Phi) is 7.66. The van der Waals surface area contributed by atoms with E-state index in [-0.39, 0.29) is 44.0 Å². The van der Waals surface area contributed by atoms with Crippen LogP contribution in [0.1, 0.15) is 25.3 Å². The lowest BCUT2D eigenvalue weighted by Gasteiger charge is -2.34. The van der Waals surface area contributed by atoms with Crippen LogP contribution in [0.3, 0.4) is 0 Å². The van der Waals surface area contributed by atoms with Gasteiger partial charge < -0.3 is 15.4 Å². The Labute approximate surface area is 156 Å². The van der Waals surface area contributed by atoms with Crippen molar-refractivity contribution in [1.29, 1.82) is 0 Å². The molecule has 1 fully saturated rings. The maximum Gasteiger partial charge on any atom is 0.307 e. The third-order valence-corrected chi connectivity index (χ3v) is 4.18. The summed E-state index contributed by atoms with van der Waals surface area (Å²) in [7, 11) is 0. The molecule has 1 saturated heterocycles. The van der Waals surface area contributed by atoms with Crippen molar-refractivity contribution in [3.05, 3.63) is 35.4 Å². The van der Waals surface area contributed by atoms with E-state index in [1.807, 2.05) is 0 Å². The van der Waals surface area contributed by atoms with E-state index in [4.69, 9.17) is 4.74 Å². The fourth-order valence-electron chi connectivity index (χ4n) is 2.85. The average Bonchev–Trinajstić information content (AvgIpc) is 2.62. The number of rotatable bonds is 8. The van der Waals surface area contributed by atoms with Crippen LogP contribution < -0.4 is 10.6 Å². The molecule has 1 atom stereocenters. The molecule has 2 N–H and O–H groups in total. The third-order valence-electron chi connectivity index (χ3n) is 4.18. The normalized spacial score (nSPS) is 17.3. The summed E-state index contributed by atoms with van der Waals surface area (Å²) in [5.41, 5.74) is 0.123. The highest BCUT2D eigenvalue weighted by molar-refractivity contribution is 5.89. The summed E-state index contributed by atoms with van der Waals surface area (Å²) in [5, 5.41) is 5.23. The number of piperazine rings is 1. The summed E-state index contributed by atoms with van der Waals surface area (Å²) in [6.07, 6.45) is -0.111. The van der Waals surface area contributed by atoms with E-state index in [0.29, 0.717) is 13.1 Å². The van der Waals surface area contributed by atoms with Gasteiger partial charge in [-0.2, -0.15) is 0 Å². The predicted octanol–water partition coefficient (Wildman–Crippen LogP) is 0.725. The molecule has 2 rings (SSSR count). The van der Waals surface area contributed by atoms with Crippen LogP contribution in [0.5, 0.6) is 0 Å². The maximum absolute atomic E-state index is 13.9. The summed E-state index contributed by atoms with van der Waals surface area (Å²) < 4.78 is 32.1. The van der Waals surface area contributed by atoms with E-state index in [2.05, 4.69) is 10.6 Å². The van der Waals surface area contributed by atoms with Crippen LogP contribution in [0.15, 0.2) is 18.2 Å². The number of amides is 2. The predicted molar refractivity (Wildman–Crippen MR) is 92.4 cm³/mol. The summed E-state index contributed by atoms with van der Waals surface area (Å²) in [4.78, 5) is 37.2. The minimum Gasteiger partial charge on any atom is -0.466 e. The SMILES string of the molecule is CCOC(=O)CCNC(=O)C[C@@H]1C(=O)NCCN1Cc1cccc(F)c1F. The Balaban J connectivity index is 1.95. The molecule has 1 aromatic carbocycles. The van der Waals surface area contributed by atoms with Crippen LogP contribution in [0.4, 0.5) is 8.78 Å². The van der Waals surface area contributed by atoms with Crippen molar-refractivity contribution in [2.75, 3.05) is 26.2 Å². The highest BCUT2D eigenvalue weighted by Crippen LogP contribution is 2.18. The van der Waals surface area contributed by atoms with Crippen LogP contribution in [0.25, 0.3) is 0 Å². The zero-order valence-corrected chi connectivity index (χ0v) is 15.1. The molecule has 9 heteroatoms. The minimum atomic E-state index is -0.957. The second-order valence-electron chi connectivity index (χ2n) is 6.10. The standard InChI is InChI=1S/C18H23F2N3O4/c1-2-27-16(25)6-7-21-15(24)10-14-18(26)22-8-9-23(14)11-12-4-3-5-13(19)17(12)20/h3-5,14H,2,6-11H2,1H3,(H,21,24)(H,22,26)/t14-/m1/s1. The van der Waals surface area contributed by atoms with Crippen LogP contribution in [-0.4, -0.2) is 55.0 Å². The zero-order valence-electron chi connectivity index (χ0n) is 15.1. The van der Waals surface area contributed by atoms with Gasteiger partial charge in [-0.3, -0.25) is 19.3 Å². The van der Waals surface area contributed by atoms with Crippen molar-refractivity contribution in [3.8, 4) is 0 Å². The zero-order chi connectivity index (χ0) is 19.8. The van der Waals surface area contributed by atoms with E-state index < -0.39 is 29.6 Å². The molecule has 0 spiro atoms. The first-order valence-electron chi connectivity index (χ1n) is 8.79. The fourth-order valence-corrected chi connectivity index (χ4v) is 2.85. The summed E-state index contributed by atoms with van der Waals surface area (Å²) in [5.74, 6) is -3.09. The molecule has 148 valence electrons. The second-order valence-corrected chi connectivity index (χ2v) is 6.10. The molecule has 27 heavy (non-hydrogen) atoms. The molecular formula is C18H23F2N3O4. The monoisotopic (exact) mass is 383 g/mol. The molecule has 1 aliphatic rings. The van der Waals surface area contributed by atoms with Crippen molar-refractivity contribution >= 4 is 17.8 Å². The Bertz CT molecular complexity index is 699. The van der Waals surface area contributed by atoms with Crippen molar-refractivity contribution in [3.63, 3.8) is 0 Å². The number of carbonyl (C=O) groups is 3. The Morgan fingerprint density at radius 2 is 2.15 bits per heavy atom. The Hall–Kier alpha value is -2.55. The number of nitrogens with one attached hydrogen (secondary N) is 2. The molecule has 0 aliphatic carbocycles. The number of benzene rings is 1.